The predicted molar refractivity (Wildman–Crippen MR) is 128 cm³/mol. The molecule has 0 amide bonds. The Morgan fingerprint density at radius 2 is 1.15 bits per heavy atom. The van der Waals surface area contributed by atoms with Gasteiger partial charge in [0.1, 0.15) is 11.5 Å². The first-order valence-corrected chi connectivity index (χ1v) is 11.8. The molecule has 0 aliphatic carbocycles. The van der Waals surface area contributed by atoms with E-state index >= 15 is 0 Å². The standard InChI is InChI=1S/C25H21N2O5P/c28-27(29)22-18-16-20(17-19-22)25(26-21-10-4-1-5-11-21)33(30,31-23-12-6-2-7-13-23)32-24-14-8-3-9-15-24/h1-19,25-26H. The summed E-state index contributed by atoms with van der Waals surface area (Å²) in [5.74, 6) is -0.210. The number of nitro groups is 1. The van der Waals surface area contributed by atoms with E-state index in [1.54, 1.807) is 60.7 Å². The Hall–Kier alpha value is -4.09. The van der Waals surface area contributed by atoms with Crippen LogP contribution in [0, 0.1) is 10.1 Å². The number of hydrogen-bond donors (Lipinski definition) is 1. The highest BCUT2D eigenvalue weighted by Crippen LogP contribution is 2.60. The van der Waals surface area contributed by atoms with Gasteiger partial charge in [0.2, 0.25) is 0 Å². The zero-order chi connectivity index (χ0) is 23.1. The van der Waals surface area contributed by atoms with Crippen LogP contribution in [0.15, 0.2) is 115 Å². The first-order valence-electron chi connectivity index (χ1n) is 10.2. The number of para-hydroxylation sites is 3. The van der Waals surface area contributed by atoms with Crippen LogP contribution in [-0.4, -0.2) is 4.92 Å². The average molecular weight is 460 g/mol. The molecule has 0 fully saturated rings. The van der Waals surface area contributed by atoms with Crippen LogP contribution in [0.4, 0.5) is 11.4 Å². The van der Waals surface area contributed by atoms with Crippen LogP contribution >= 0.6 is 7.60 Å². The molecule has 4 aromatic carbocycles. The van der Waals surface area contributed by atoms with Crippen LogP contribution in [0.2, 0.25) is 0 Å². The van der Waals surface area contributed by atoms with Crippen molar-refractivity contribution in [2.75, 3.05) is 5.32 Å². The molecule has 0 spiro atoms. The molecular formula is C25H21N2O5P. The summed E-state index contributed by atoms with van der Waals surface area (Å²) in [6, 6.07) is 32.5. The maximum absolute atomic E-state index is 14.4. The van der Waals surface area contributed by atoms with E-state index in [0.29, 0.717) is 22.7 Å². The Kier molecular flexibility index (Phi) is 6.72. The number of rotatable bonds is 9. The molecule has 0 aliphatic heterocycles. The summed E-state index contributed by atoms with van der Waals surface area (Å²) in [7, 11) is -3.98. The zero-order valence-corrected chi connectivity index (χ0v) is 18.4. The molecular weight excluding hydrogens is 439 g/mol. The minimum atomic E-state index is -3.98. The monoisotopic (exact) mass is 460 g/mol. The summed E-state index contributed by atoms with van der Waals surface area (Å²) in [6.45, 7) is 0. The van der Waals surface area contributed by atoms with Crippen molar-refractivity contribution in [3.8, 4) is 11.5 Å². The lowest BCUT2D eigenvalue weighted by Gasteiger charge is -2.29. The molecule has 0 aromatic heterocycles. The number of nitro benzene ring substituents is 1. The lowest BCUT2D eigenvalue weighted by Crippen LogP contribution is -2.18. The number of nitrogens with one attached hydrogen (secondary N) is 1. The minimum Gasteiger partial charge on any atom is -0.414 e. The van der Waals surface area contributed by atoms with E-state index < -0.39 is 18.3 Å². The fourth-order valence-corrected chi connectivity index (χ4v) is 5.12. The second kappa shape index (κ2) is 10.0. The van der Waals surface area contributed by atoms with E-state index in [0.717, 1.165) is 0 Å². The van der Waals surface area contributed by atoms with Gasteiger partial charge in [-0.05, 0) is 54.1 Å². The van der Waals surface area contributed by atoms with Gasteiger partial charge in [0.05, 0.1) is 4.92 Å². The third kappa shape index (κ3) is 5.59. The van der Waals surface area contributed by atoms with Crippen molar-refractivity contribution >= 4 is 19.0 Å². The number of non-ortho nitro benzene ring substituents is 1. The highest BCUT2D eigenvalue weighted by molar-refractivity contribution is 7.55. The summed E-state index contributed by atoms with van der Waals surface area (Å²) in [6.07, 6.45) is 0. The quantitative estimate of drug-likeness (QED) is 0.163. The second-order valence-corrected chi connectivity index (χ2v) is 9.07. The Labute approximate surface area is 191 Å². The summed E-state index contributed by atoms with van der Waals surface area (Å²) >= 11 is 0. The van der Waals surface area contributed by atoms with E-state index in [4.69, 9.17) is 9.05 Å². The fourth-order valence-electron chi connectivity index (χ4n) is 3.20. The van der Waals surface area contributed by atoms with Crippen LogP contribution in [0.1, 0.15) is 11.3 Å². The molecule has 0 heterocycles. The number of anilines is 1. The fraction of sp³-hybridized carbons (Fsp3) is 0.0400. The van der Waals surface area contributed by atoms with Crippen molar-refractivity contribution in [3.05, 3.63) is 131 Å². The molecule has 1 atom stereocenters. The topological polar surface area (TPSA) is 90.7 Å². The van der Waals surface area contributed by atoms with Gasteiger partial charge in [-0.15, -0.1) is 0 Å². The summed E-state index contributed by atoms with van der Waals surface area (Å²) < 4.78 is 26.5. The van der Waals surface area contributed by atoms with Gasteiger partial charge in [-0.2, -0.15) is 0 Å². The van der Waals surface area contributed by atoms with E-state index in [-0.39, 0.29) is 5.69 Å². The molecule has 1 N–H and O–H groups in total. The van der Waals surface area contributed by atoms with Crippen LogP contribution in [0.3, 0.4) is 0 Å². The van der Waals surface area contributed by atoms with Crippen molar-refractivity contribution in [1.82, 2.24) is 0 Å². The molecule has 7 nitrogen and oxygen atoms in total. The van der Waals surface area contributed by atoms with Crippen LogP contribution < -0.4 is 14.4 Å². The van der Waals surface area contributed by atoms with Crippen LogP contribution in [0.25, 0.3) is 0 Å². The number of benzene rings is 4. The van der Waals surface area contributed by atoms with Gasteiger partial charge in [-0.1, -0.05) is 54.6 Å². The van der Waals surface area contributed by atoms with Crippen molar-refractivity contribution < 1.29 is 18.5 Å². The summed E-state index contributed by atoms with van der Waals surface area (Å²) in [5.41, 5.74) is 1.13. The molecule has 0 radical (unpaired) electrons. The van der Waals surface area contributed by atoms with E-state index in [1.165, 1.54) is 12.1 Å². The minimum absolute atomic E-state index is 0.0694. The second-order valence-electron chi connectivity index (χ2n) is 7.11. The Morgan fingerprint density at radius 3 is 1.61 bits per heavy atom. The molecule has 4 rings (SSSR count). The number of hydrogen-bond acceptors (Lipinski definition) is 6. The molecule has 4 aromatic rings. The third-order valence-corrected chi connectivity index (χ3v) is 6.76. The summed E-state index contributed by atoms with van der Waals surface area (Å²) in [4.78, 5) is 10.7. The van der Waals surface area contributed by atoms with Gasteiger partial charge in [0, 0.05) is 17.8 Å². The van der Waals surface area contributed by atoms with Gasteiger partial charge in [-0.3, -0.25) is 10.1 Å². The maximum atomic E-state index is 14.4. The Balaban J connectivity index is 1.80. The van der Waals surface area contributed by atoms with Crippen LogP contribution in [-0.2, 0) is 4.57 Å². The molecule has 1 unspecified atom stereocenters. The molecule has 8 heteroatoms. The molecule has 0 saturated carbocycles. The number of nitrogens with zero attached hydrogens (tertiary/aromatic N) is 1. The van der Waals surface area contributed by atoms with Gasteiger partial charge in [-0.25, -0.2) is 4.57 Å². The van der Waals surface area contributed by atoms with Crippen molar-refractivity contribution in [2.24, 2.45) is 0 Å². The first-order chi connectivity index (χ1) is 16.0. The van der Waals surface area contributed by atoms with Crippen LogP contribution in [0.5, 0.6) is 11.5 Å². The van der Waals surface area contributed by atoms with Gasteiger partial charge in [0.25, 0.3) is 5.69 Å². The normalized spacial score (nSPS) is 11.9. The smallest absolute Gasteiger partial charge is 0.414 e. The molecule has 166 valence electrons. The zero-order valence-electron chi connectivity index (χ0n) is 17.5. The van der Waals surface area contributed by atoms with Gasteiger partial charge in [0.15, 0.2) is 5.78 Å². The highest BCUT2D eigenvalue weighted by atomic mass is 31.2. The Morgan fingerprint density at radius 1 is 0.697 bits per heavy atom. The van der Waals surface area contributed by atoms with Gasteiger partial charge >= 0.3 is 7.60 Å². The lowest BCUT2D eigenvalue weighted by molar-refractivity contribution is -0.384. The lowest BCUT2D eigenvalue weighted by atomic mass is 10.2. The van der Waals surface area contributed by atoms with Crippen molar-refractivity contribution in [2.45, 2.75) is 5.78 Å². The Bertz CT molecular complexity index is 1190. The van der Waals surface area contributed by atoms with E-state index in [1.807, 2.05) is 42.5 Å². The van der Waals surface area contributed by atoms with E-state index in [2.05, 4.69) is 5.32 Å². The largest absolute Gasteiger partial charge is 0.457 e. The molecule has 0 aliphatic rings. The predicted octanol–water partition coefficient (Wildman–Crippen LogP) is 7.06. The summed E-state index contributed by atoms with van der Waals surface area (Å²) in [5, 5.41) is 14.4. The molecule has 33 heavy (non-hydrogen) atoms. The first kappa shape index (κ1) is 22.1. The van der Waals surface area contributed by atoms with Gasteiger partial charge < -0.3 is 14.4 Å². The highest BCUT2D eigenvalue weighted by Gasteiger charge is 2.41. The third-order valence-electron chi connectivity index (χ3n) is 4.76. The van der Waals surface area contributed by atoms with Crippen molar-refractivity contribution in [1.29, 1.82) is 0 Å². The molecule has 0 bridgehead atoms. The maximum Gasteiger partial charge on any atom is 0.457 e. The van der Waals surface area contributed by atoms with E-state index in [9.17, 15) is 14.7 Å². The molecule has 0 saturated heterocycles. The average Bonchev–Trinajstić information content (AvgIpc) is 2.84. The SMILES string of the molecule is O=[N+]([O-])c1ccc(C(Nc2ccccc2)P(=O)(Oc2ccccc2)Oc2ccccc2)cc1. The van der Waals surface area contributed by atoms with Crippen molar-refractivity contribution in [3.63, 3.8) is 0 Å².